The highest BCUT2D eigenvalue weighted by Crippen LogP contribution is 2.09. The quantitative estimate of drug-likeness (QED) is 0.578. The Labute approximate surface area is 111 Å². The van der Waals surface area contributed by atoms with Crippen molar-refractivity contribution in [2.24, 2.45) is 0 Å². The molecule has 0 spiro atoms. The largest absolute Gasteiger partial charge is 0.298 e. The fourth-order valence-corrected chi connectivity index (χ4v) is 3.62. The van der Waals surface area contributed by atoms with Crippen LogP contribution in [0.3, 0.4) is 0 Å². The van der Waals surface area contributed by atoms with E-state index in [-0.39, 0.29) is 5.75 Å². The van der Waals surface area contributed by atoms with Crippen LogP contribution in [0.15, 0.2) is 0 Å². The van der Waals surface area contributed by atoms with Crippen LogP contribution < -0.4 is 0 Å². The van der Waals surface area contributed by atoms with E-state index in [0.717, 1.165) is 19.4 Å². The molecule has 0 unspecified atom stereocenters. The van der Waals surface area contributed by atoms with E-state index in [9.17, 15) is 8.42 Å². The van der Waals surface area contributed by atoms with Gasteiger partial charge in [-0.05, 0) is 19.3 Å². The molecule has 5 heteroatoms. The van der Waals surface area contributed by atoms with Crippen molar-refractivity contribution in [1.29, 1.82) is 0 Å². The summed E-state index contributed by atoms with van der Waals surface area (Å²) in [6, 6.07) is 0.450. The summed E-state index contributed by atoms with van der Waals surface area (Å²) in [5, 5.41) is 0. The summed E-state index contributed by atoms with van der Waals surface area (Å²) in [5.41, 5.74) is 0. The molecule has 0 aromatic carbocycles. The van der Waals surface area contributed by atoms with Gasteiger partial charge in [-0.15, -0.1) is 11.6 Å². The molecule has 0 rings (SSSR count). The number of rotatable bonds is 10. The van der Waals surface area contributed by atoms with Crippen molar-refractivity contribution in [2.45, 2.75) is 46.1 Å². The van der Waals surface area contributed by atoms with Crippen molar-refractivity contribution < 1.29 is 8.42 Å². The standard InChI is InChI=1S/C12H26ClNO2S/c1-4-10-17(15,16)11-9-14(8-7-13)12(5-2)6-3/h12H,4-11H2,1-3H3. The van der Waals surface area contributed by atoms with Crippen LogP contribution in [0.5, 0.6) is 0 Å². The van der Waals surface area contributed by atoms with Crippen molar-refractivity contribution in [3.63, 3.8) is 0 Å². The molecule has 0 aliphatic rings. The molecule has 0 N–H and O–H groups in total. The van der Waals surface area contributed by atoms with Crippen LogP contribution in [0.25, 0.3) is 0 Å². The third-order valence-corrected chi connectivity index (χ3v) is 5.04. The lowest BCUT2D eigenvalue weighted by Crippen LogP contribution is -2.39. The van der Waals surface area contributed by atoms with E-state index in [1.807, 2.05) is 6.92 Å². The van der Waals surface area contributed by atoms with E-state index >= 15 is 0 Å². The summed E-state index contributed by atoms with van der Waals surface area (Å²) in [4.78, 5) is 2.21. The number of halogens is 1. The monoisotopic (exact) mass is 283 g/mol. The van der Waals surface area contributed by atoms with Gasteiger partial charge in [0.05, 0.1) is 5.75 Å². The predicted octanol–water partition coefficient (Wildman–Crippen LogP) is 2.54. The second-order valence-corrected chi connectivity index (χ2v) is 7.03. The van der Waals surface area contributed by atoms with Gasteiger partial charge in [-0.3, -0.25) is 4.90 Å². The Balaban J connectivity index is 4.35. The molecule has 0 saturated heterocycles. The molecule has 0 bridgehead atoms. The number of sulfone groups is 1. The zero-order valence-electron chi connectivity index (χ0n) is 11.3. The zero-order valence-corrected chi connectivity index (χ0v) is 12.9. The Bertz CT molecular complexity index is 276. The highest BCUT2D eigenvalue weighted by atomic mass is 35.5. The number of hydrogen-bond donors (Lipinski definition) is 0. The molecule has 0 fully saturated rings. The predicted molar refractivity (Wildman–Crippen MR) is 75.6 cm³/mol. The van der Waals surface area contributed by atoms with Crippen LogP contribution in [0, 0.1) is 0 Å². The van der Waals surface area contributed by atoms with Crippen molar-refractivity contribution >= 4 is 21.4 Å². The van der Waals surface area contributed by atoms with Crippen LogP contribution in [-0.4, -0.2) is 49.8 Å². The molecule has 0 amide bonds. The lowest BCUT2D eigenvalue weighted by molar-refractivity contribution is 0.208. The number of nitrogens with zero attached hydrogens (tertiary/aromatic N) is 1. The van der Waals surface area contributed by atoms with Gasteiger partial charge in [0.2, 0.25) is 0 Å². The second-order valence-electron chi connectivity index (χ2n) is 4.35. The maximum absolute atomic E-state index is 11.7. The first-order chi connectivity index (χ1) is 8.00. The minimum Gasteiger partial charge on any atom is -0.298 e. The lowest BCUT2D eigenvalue weighted by atomic mass is 10.1. The SMILES string of the molecule is CCCS(=O)(=O)CCN(CCCl)C(CC)CC. The second kappa shape index (κ2) is 9.17. The maximum atomic E-state index is 11.7. The van der Waals surface area contributed by atoms with Crippen LogP contribution >= 0.6 is 11.6 Å². The first-order valence-corrected chi connectivity index (χ1v) is 8.86. The van der Waals surface area contributed by atoms with E-state index < -0.39 is 9.84 Å². The molecular weight excluding hydrogens is 258 g/mol. The fraction of sp³-hybridized carbons (Fsp3) is 1.00. The lowest BCUT2D eigenvalue weighted by Gasteiger charge is -2.29. The Morgan fingerprint density at radius 3 is 2.06 bits per heavy atom. The van der Waals surface area contributed by atoms with Crippen molar-refractivity contribution in [1.82, 2.24) is 4.90 Å². The highest BCUT2D eigenvalue weighted by molar-refractivity contribution is 7.91. The Kier molecular flexibility index (Phi) is 9.28. The fourth-order valence-electron chi connectivity index (χ4n) is 2.06. The van der Waals surface area contributed by atoms with E-state index in [1.54, 1.807) is 0 Å². The molecular formula is C12H26ClNO2S. The Hall–Kier alpha value is 0.200. The Morgan fingerprint density at radius 2 is 1.65 bits per heavy atom. The smallest absolute Gasteiger partial charge is 0.151 e. The van der Waals surface area contributed by atoms with Gasteiger partial charge >= 0.3 is 0 Å². The first kappa shape index (κ1) is 17.2. The Morgan fingerprint density at radius 1 is 1.06 bits per heavy atom. The summed E-state index contributed by atoms with van der Waals surface area (Å²) in [5.74, 6) is 1.11. The average Bonchev–Trinajstić information content (AvgIpc) is 2.27. The molecule has 0 aromatic heterocycles. The third kappa shape index (κ3) is 7.27. The molecule has 17 heavy (non-hydrogen) atoms. The van der Waals surface area contributed by atoms with Crippen molar-refractivity contribution in [2.75, 3.05) is 30.5 Å². The van der Waals surface area contributed by atoms with Gasteiger partial charge in [-0.25, -0.2) is 8.42 Å². The first-order valence-electron chi connectivity index (χ1n) is 6.51. The van der Waals surface area contributed by atoms with Crippen LogP contribution in [0.4, 0.5) is 0 Å². The van der Waals surface area contributed by atoms with Gasteiger partial charge in [-0.2, -0.15) is 0 Å². The average molecular weight is 284 g/mol. The van der Waals surface area contributed by atoms with Crippen molar-refractivity contribution in [3.8, 4) is 0 Å². The van der Waals surface area contributed by atoms with Crippen molar-refractivity contribution in [3.05, 3.63) is 0 Å². The maximum Gasteiger partial charge on any atom is 0.151 e. The van der Waals surface area contributed by atoms with Gasteiger partial charge in [-0.1, -0.05) is 20.8 Å². The summed E-state index contributed by atoms with van der Waals surface area (Å²) < 4.78 is 23.4. The van der Waals surface area contributed by atoms with E-state index in [2.05, 4.69) is 18.7 Å². The molecule has 0 radical (unpaired) electrons. The molecule has 0 aliphatic heterocycles. The molecule has 0 saturated carbocycles. The molecule has 0 aromatic rings. The van der Waals surface area contributed by atoms with Gasteiger partial charge in [0.1, 0.15) is 0 Å². The summed E-state index contributed by atoms with van der Waals surface area (Å²) in [6.45, 7) is 7.55. The third-order valence-electron chi connectivity index (χ3n) is 3.04. The molecule has 0 heterocycles. The van der Waals surface area contributed by atoms with Gasteiger partial charge in [0, 0.05) is 30.8 Å². The molecule has 0 atom stereocenters. The van der Waals surface area contributed by atoms with Crippen LogP contribution in [-0.2, 0) is 9.84 Å². The van der Waals surface area contributed by atoms with E-state index in [0.29, 0.717) is 30.6 Å². The van der Waals surface area contributed by atoms with Gasteiger partial charge in [0.15, 0.2) is 9.84 Å². The molecule has 0 aliphatic carbocycles. The van der Waals surface area contributed by atoms with Crippen LogP contribution in [0.2, 0.25) is 0 Å². The highest BCUT2D eigenvalue weighted by Gasteiger charge is 2.17. The molecule has 104 valence electrons. The normalized spacial score (nSPS) is 12.6. The van der Waals surface area contributed by atoms with Crippen LogP contribution in [0.1, 0.15) is 40.0 Å². The summed E-state index contributed by atoms with van der Waals surface area (Å²) in [6.07, 6.45) is 2.78. The van der Waals surface area contributed by atoms with E-state index in [4.69, 9.17) is 11.6 Å². The molecule has 3 nitrogen and oxygen atoms in total. The minimum absolute atomic E-state index is 0.258. The summed E-state index contributed by atoms with van der Waals surface area (Å²) in [7, 11) is -2.88. The van der Waals surface area contributed by atoms with E-state index in [1.165, 1.54) is 0 Å². The van der Waals surface area contributed by atoms with Gasteiger partial charge in [0.25, 0.3) is 0 Å². The van der Waals surface area contributed by atoms with Gasteiger partial charge < -0.3 is 0 Å². The number of alkyl halides is 1. The summed E-state index contributed by atoms with van der Waals surface area (Å²) >= 11 is 5.77. The topological polar surface area (TPSA) is 37.4 Å². The minimum atomic E-state index is -2.88. The number of hydrogen-bond acceptors (Lipinski definition) is 3. The zero-order chi connectivity index (χ0) is 13.3.